The smallest absolute Gasteiger partial charge is 0.0686 e. The largest absolute Gasteiger partial charge is 0.102 e. The summed E-state index contributed by atoms with van der Waals surface area (Å²) in [6, 6.07) is 0. The molecule has 0 saturated heterocycles. The van der Waals surface area contributed by atoms with E-state index in [4.69, 9.17) is 0 Å². The Morgan fingerprint density at radius 1 is 1.42 bits per heavy atom. The first kappa shape index (κ1) is 9.78. The van der Waals surface area contributed by atoms with Crippen molar-refractivity contribution >= 4 is 8.07 Å². The number of hydrogen-bond acceptors (Lipinski definition) is 0. The molecule has 0 aromatic rings. The zero-order chi connectivity index (χ0) is 9.19. The van der Waals surface area contributed by atoms with Crippen LogP contribution < -0.4 is 0 Å². The lowest BCUT2D eigenvalue weighted by molar-refractivity contribution is 0.767. The summed E-state index contributed by atoms with van der Waals surface area (Å²) in [5.74, 6) is 0.705. The van der Waals surface area contributed by atoms with Crippen molar-refractivity contribution in [1.82, 2.24) is 0 Å². The highest BCUT2D eigenvalue weighted by atomic mass is 28.3. The first-order valence-electron chi connectivity index (χ1n) is 4.87. The van der Waals surface area contributed by atoms with Crippen LogP contribution in [0.5, 0.6) is 0 Å². The quantitative estimate of drug-likeness (QED) is 0.448. The van der Waals surface area contributed by atoms with Gasteiger partial charge in [0, 0.05) is 0 Å². The molecular formula is C11H20Si. The van der Waals surface area contributed by atoms with Crippen LogP contribution in [0, 0.1) is 5.92 Å². The molecule has 1 atom stereocenters. The second kappa shape index (κ2) is 3.61. The highest BCUT2D eigenvalue weighted by molar-refractivity contribution is 6.81. The molecule has 0 aromatic carbocycles. The Morgan fingerprint density at radius 2 is 2.08 bits per heavy atom. The van der Waals surface area contributed by atoms with Crippen LogP contribution >= 0.6 is 0 Å². The van der Waals surface area contributed by atoms with Gasteiger partial charge in [-0.1, -0.05) is 37.0 Å². The molecule has 0 amide bonds. The van der Waals surface area contributed by atoms with Crippen molar-refractivity contribution in [3.63, 3.8) is 0 Å². The molecule has 1 rings (SSSR count). The van der Waals surface area contributed by atoms with Crippen molar-refractivity contribution < 1.29 is 0 Å². The van der Waals surface area contributed by atoms with E-state index in [1.54, 1.807) is 5.57 Å². The van der Waals surface area contributed by atoms with E-state index in [1.807, 2.05) is 0 Å². The Balaban J connectivity index is 2.73. The van der Waals surface area contributed by atoms with Gasteiger partial charge in [0.15, 0.2) is 0 Å². The fraction of sp³-hybridized carbons (Fsp3) is 0.636. The molecule has 12 heavy (non-hydrogen) atoms. The normalized spacial score (nSPS) is 27.9. The monoisotopic (exact) mass is 180 g/mol. The minimum atomic E-state index is -0.990. The number of allylic oxidation sites excluding steroid dienone is 2. The van der Waals surface area contributed by atoms with Crippen molar-refractivity contribution in [2.24, 2.45) is 5.92 Å². The van der Waals surface area contributed by atoms with Gasteiger partial charge in [-0.3, -0.25) is 0 Å². The zero-order valence-corrected chi connectivity index (χ0v) is 9.56. The van der Waals surface area contributed by atoms with Gasteiger partial charge in [0.2, 0.25) is 0 Å². The van der Waals surface area contributed by atoms with E-state index in [-0.39, 0.29) is 0 Å². The minimum absolute atomic E-state index is 0.705. The summed E-state index contributed by atoms with van der Waals surface area (Å²) in [4.78, 5) is 0. The van der Waals surface area contributed by atoms with Crippen LogP contribution in [0.2, 0.25) is 19.6 Å². The van der Waals surface area contributed by atoms with E-state index >= 15 is 0 Å². The van der Waals surface area contributed by atoms with Crippen molar-refractivity contribution in [3.05, 3.63) is 23.9 Å². The van der Waals surface area contributed by atoms with E-state index in [0.29, 0.717) is 5.92 Å². The van der Waals surface area contributed by atoms with Crippen LogP contribution in [0.1, 0.15) is 19.3 Å². The molecule has 0 aromatic heterocycles. The van der Waals surface area contributed by atoms with Gasteiger partial charge in [-0.25, -0.2) is 0 Å². The number of hydrogen-bond donors (Lipinski definition) is 0. The predicted molar refractivity (Wildman–Crippen MR) is 59.0 cm³/mol. The lowest BCUT2D eigenvalue weighted by Gasteiger charge is -2.14. The molecule has 1 unspecified atom stereocenters. The van der Waals surface area contributed by atoms with Crippen LogP contribution in [-0.2, 0) is 0 Å². The van der Waals surface area contributed by atoms with Crippen LogP contribution in [-0.4, -0.2) is 8.07 Å². The van der Waals surface area contributed by atoms with Gasteiger partial charge in [0.25, 0.3) is 0 Å². The van der Waals surface area contributed by atoms with Crippen molar-refractivity contribution in [2.45, 2.75) is 38.9 Å². The lowest BCUT2D eigenvalue weighted by Crippen LogP contribution is -2.17. The third-order valence-corrected chi connectivity index (χ3v) is 3.60. The van der Waals surface area contributed by atoms with E-state index in [9.17, 15) is 0 Å². The summed E-state index contributed by atoms with van der Waals surface area (Å²) >= 11 is 0. The van der Waals surface area contributed by atoms with Crippen LogP contribution in [0.25, 0.3) is 0 Å². The summed E-state index contributed by atoms with van der Waals surface area (Å²) in [6.45, 7) is 11.1. The molecule has 1 aliphatic carbocycles. The molecule has 0 spiro atoms. The molecule has 0 N–H and O–H groups in total. The van der Waals surface area contributed by atoms with Gasteiger partial charge < -0.3 is 0 Å². The standard InChI is InChI=1S/C11H20Si/c1-5-10-7-6-8-11(10)9-12(2,3)4/h5,9-10H,1,6-8H2,2-4H3. The van der Waals surface area contributed by atoms with E-state index in [2.05, 4.69) is 38.0 Å². The van der Waals surface area contributed by atoms with E-state index < -0.39 is 8.07 Å². The average Bonchev–Trinajstić information content (AvgIpc) is 2.31. The third kappa shape index (κ3) is 2.63. The van der Waals surface area contributed by atoms with Crippen LogP contribution in [0.3, 0.4) is 0 Å². The average molecular weight is 180 g/mol. The Bertz CT molecular complexity index is 196. The molecule has 0 radical (unpaired) electrons. The highest BCUT2D eigenvalue weighted by Crippen LogP contribution is 2.32. The first-order chi connectivity index (χ1) is 5.53. The third-order valence-electron chi connectivity index (χ3n) is 2.36. The van der Waals surface area contributed by atoms with E-state index in [0.717, 1.165) is 0 Å². The van der Waals surface area contributed by atoms with Gasteiger partial charge in [0.1, 0.15) is 0 Å². The summed E-state index contributed by atoms with van der Waals surface area (Å²) in [7, 11) is -0.990. The molecule has 0 aliphatic heterocycles. The maximum atomic E-state index is 3.90. The molecule has 1 fully saturated rings. The SMILES string of the molecule is C=CC1CCCC1=C[Si](C)(C)C. The van der Waals surface area contributed by atoms with Gasteiger partial charge in [-0.2, -0.15) is 0 Å². The first-order valence-corrected chi connectivity index (χ1v) is 8.45. The summed E-state index contributed by atoms with van der Waals surface area (Å²) in [5.41, 5.74) is 4.23. The molecule has 1 aliphatic rings. The molecule has 1 saturated carbocycles. The summed E-state index contributed by atoms with van der Waals surface area (Å²) < 4.78 is 0. The molecular weight excluding hydrogens is 160 g/mol. The maximum Gasteiger partial charge on any atom is 0.0686 e. The van der Waals surface area contributed by atoms with Gasteiger partial charge in [-0.05, 0) is 25.2 Å². The fourth-order valence-corrected chi connectivity index (χ4v) is 3.37. The summed E-state index contributed by atoms with van der Waals surface area (Å²) in [6.07, 6.45) is 6.15. The minimum Gasteiger partial charge on any atom is -0.102 e. The Hall–Kier alpha value is -0.303. The molecule has 0 bridgehead atoms. The predicted octanol–water partition coefficient (Wildman–Crippen LogP) is 3.78. The fourth-order valence-electron chi connectivity index (χ4n) is 1.90. The van der Waals surface area contributed by atoms with Gasteiger partial charge in [0.05, 0.1) is 8.07 Å². The Morgan fingerprint density at radius 3 is 2.58 bits per heavy atom. The molecule has 1 heteroatoms. The molecule has 0 nitrogen and oxygen atoms in total. The summed E-state index contributed by atoms with van der Waals surface area (Å²) in [5, 5.41) is 0. The second-order valence-electron chi connectivity index (χ2n) is 4.82. The van der Waals surface area contributed by atoms with Crippen LogP contribution in [0.15, 0.2) is 23.9 Å². The van der Waals surface area contributed by atoms with Crippen LogP contribution in [0.4, 0.5) is 0 Å². The molecule has 0 heterocycles. The second-order valence-corrected chi connectivity index (χ2v) is 9.84. The number of rotatable bonds is 2. The van der Waals surface area contributed by atoms with Crippen molar-refractivity contribution in [3.8, 4) is 0 Å². The highest BCUT2D eigenvalue weighted by Gasteiger charge is 2.20. The van der Waals surface area contributed by atoms with Crippen molar-refractivity contribution in [1.29, 1.82) is 0 Å². The Kier molecular flexibility index (Phi) is 2.94. The lowest BCUT2D eigenvalue weighted by atomic mass is 10.1. The van der Waals surface area contributed by atoms with Crippen molar-refractivity contribution in [2.75, 3.05) is 0 Å². The zero-order valence-electron chi connectivity index (χ0n) is 8.56. The van der Waals surface area contributed by atoms with E-state index in [1.165, 1.54) is 19.3 Å². The maximum absolute atomic E-state index is 3.90. The van der Waals surface area contributed by atoms with Gasteiger partial charge in [-0.15, -0.1) is 6.58 Å². The van der Waals surface area contributed by atoms with Gasteiger partial charge >= 0.3 is 0 Å². The molecule has 68 valence electrons. The topological polar surface area (TPSA) is 0 Å². The Labute approximate surface area is 77.4 Å².